The number of hydrogen-bond donors (Lipinski definition) is 0. The van der Waals surface area contributed by atoms with Crippen molar-refractivity contribution in [3.05, 3.63) is 33.4 Å². The van der Waals surface area contributed by atoms with Crippen LogP contribution in [0, 0.1) is 0 Å². The van der Waals surface area contributed by atoms with E-state index in [0.29, 0.717) is 12.2 Å². The number of aldehydes is 1. The Balaban J connectivity index is 2.12. The molecule has 0 aliphatic heterocycles. The molecule has 20 heavy (non-hydrogen) atoms. The molecule has 1 aromatic carbocycles. The molecule has 2 rings (SSSR count). The summed E-state index contributed by atoms with van der Waals surface area (Å²) in [6.45, 7) is 0.934. The summed E-state index contributed by atoms with van der Waals surface area (Å²) in [7, 11) is -0.575. The van der Waals surface area contributed by atoms with Gasteiger partial charge in [0, 0.05) is 11.3 Å². The van der Waals surface area contributed by atoms with E-state index in [9.17, 15) is 9.59 Å². The third-order valence-electron chi connectivity index (χ3n) is 2.89. The molecule has 0 saturated carbocycles. The number of nitrogens with zero attached hydrogens (tertiary/aromatic N) is 1. The van der Waals surface area contributed by atoms with E-state index in [-0.39, 0.29) is 11.6 Å². The molecule has 0 fully saturated rings. The molecule has 1 aromatic heterocycles. The number of carbonyl (C=O) groups is 1. The smallest absolute Gasteiger partial charge is 0.310 e. The highest BCUT2D eigenvalue weighted by atomic mass is 32.3. The number of benzene rings is 1. The van der Waals surface area contributed by atoms with Crippen LogP contribution in [0.2, 0.25) is 0 Å². The Morgan fingerprint density at radius 3 is 2.75 bits per heavy atom. The van der Waals surface area contributed by atoms with Crippen molar-refractivity contribution in [3.63, 3.8) is 0 Å². The Hall–Kier alpha value is -1.11. The lowest BCUT2D eigenvalue weighted by atomic mass is 10.2. The van der Waals surface area contributed by atoms with Gasteiger partial charge in [0.25, 0.3) is 0 Å². The van der Waals surface area contributed by atoms with E-state index in [1.807, 2.05) is 0 Å². The molecule has 0 unspecified atom stereocenters. The van der Waals surface area contributed by atoms with Crippen LogP contribution in [0.5, 0.6) is 0 Å². The van der Waals surface area contributed by atoms with Crippen molar-refractivity contribution in [2.45, 2.75) is 6.73 Å². The fourth-order valence-corrected chi connectivity index (χ4v) is 3.29. The van der Waals surface area contributed by atoms with Gasteiger partial charge in [-0.2, -0.15) is 0 Å². The van der Waals surface area contributed by atoms with Crippen LogP contribution in [-0.2, 0) is 11.5 Å². The summed E-state index contributed by atoms with van der Waals surface area (Å²) < 4.78 is 8.06. The van der Waals surface area contributed by atoms with E-state index in [0.717, 1.165) is 33.6 Å². The topological polar surface area (TPSA) is 48.3 Å². The average Bonchev–Trinajstić information content (AvgIpc) is 2.68. The number of ether oxygens (including phenoxy) is 1. The SMILES string of the molecule is CS(C)(C)CCOCn1c(=O)sc2cc(C=O)ccc21. The first-order valence-electron chi connectivity index (χ1n) is 6.23. The van der Waals surface area contributed by atoms with Gasteiger partial charge in [-0.15, -0.1) is 0 Å². The third-order valence-corrected chi connectivity index (χ3v) is 5.22. The van der Waals surface area contributed by atoms with E-state index in [1.165, 1.54) is 0 Å². The second-order valence-electron chi connectivity index (χ2n) is 5.47. The van der Waals surface area contributed by atoms with Crippen LogP contribution >= 0.6 is 21.4 Å². The minimum atomic E-state index is -0.575. The molecule has 1 heterocycles. The second kappa shape index (κ2) is 6.11. The summed E-state index contributed by atoms with van der Waals surface area (Å²) in [5.74, 6) is 1.03. The molecule has 0 radical (unpaired) electrons. The molecular formula is C14H19NO3S2. The van der Waals surface area contributed by atoms with Crippen molar-refractivity contribution in [2.75, 3.05) is 31.1 Å². The predicted molar refractivity (Wildman–Crippen MR) is 87.7 cm³/mol. The highest BCUT2D eigenvalue weighted by Gasteiger charge is 2.09. The maximum atomic E-state index is 11.9. The molecule has 6 heteroatoms. The van der Waals surface area contributed by atoms with Crippen LogP contribution in [-0.4, -0.2) is 42.0 Å². The Bertz CT molecular complexity index is 667. The average molecular weight is 313 g/mol. The van der Waals surface area contributed by atoms with E-state index < -0.39 is 10.0 Å². The Kier molecular flexibility index (Phi) is 4.67. The Labute approximate surface area is 123 Å². The van der Waals surface area contributed by atoms with Gasteiger partial charge in [0.1, 0.15) is 13.0 Å². The molecular weight excluding hydrogens is 294 g/mol. The standard InChI is InChI=1S/C14H19NO3S2/c1-20(2,3)7-6-18-10-15-12-5-4-11(9-16)8-13(12)19-14(15)17/h4-5,8-9H,6-7,10H2,1-3H3. The normalized spacial score (nSPS) is 12.8. The van der Waals surface area contributed by atoms with Crippen LogP contribution < -0.4 is 4.87 Å². The van der Waals surface area contributed by atoms with Crippen molar-refractivity contribution in [1.82, 2.24) is 4.57 Å². The molecule has 0 bridgehead atoms. The molecule has 0 spiro atoms. The van der Waals surface area contributed by atoms with E-state index >= 15 is 0 Å². The summed E-state index contributed by atoms with van der Waals surface area (Å²) in [6.07, 6.45) is 7.51. The zero-order valence-corrected chi connectivity index (χ0v) is 13.6. The third kappa shape index (κ3) is 3.71. The monoisotopic (exact) mass is 313 g/mol. The maximum absolute atomic E-state index is 11.9. The van der Waals surface area contributed by atoms with Crippen molar-refractivity contribution < 1.29 is 9.53 Å². The summed E-state index contributed by atoms with van der Waals surface area (Å²) in [5, 5.41) is 0. The van der Waals surface area contributed by atoms with Gasteiger partial charge in [0.2, 0.25) is 0 Å². The summed E-state index contributed by atoms with van der Waals surface area (Å²) in [6, 6.07) is 5.26. The minimum Gasteiger partial charge on any atom is -0.360 e. The number of fused-ring (bicyclic) bond motifs is 1. The van der Waals surface area contributed by atoms with Gasteiger partial charge in [-0.25, -0.2) is 10.0 Å². The van der Waals surface area contributed by atoms with Crippen LogP contribution in [0.3, 0.4) is 0 Å². The van der Waals surface area contributed by atoms with Gasteiger partial charge in [0.05, 0.1) is 16.8 Å². The summed E-state index contributed by atoms with van der Waals surface area (Å²) in [4.78, 5) is 22.6. The molecule has 0 amide bonds. The summed E-state index contributed by atoms with van der Waals surface area (Å²) >= 11 is 1.15. The number of aromatic nitrogens is 1. The first-order chi connectivity index (χ1) is 9.40. The number of rotatable bonds is 6. The Morgan fingerprint density at radius 2 is 2.10 bits per heavy atom. The van der Waals surface area contributed by atoms with E-state index in [2.05, 4.69) is 18.8 Å². The van der Waals surface area contributed by atoms with Crippen LogP contribution in [0.15, 0.2) is 23.0 Å². The quantitative estimate of drug-likeness (QED) is 0.608. The first kappa shape index (κ1) is 15.3. The molecule has 2 aromatic rings. The number of thiazole rings is 1. The largest absolute Gasteiger partial charge is 0.360 e. The lowest BCUT2D eigenvalue weighted by Crippen LogP contribution is -2.17. The second-order valence-corrected chi connectivity index (χ2v) is 11.1. The number of carbonyl (C=O) groups excluding carboxylic acids is 1. The lowest BCUT2D eigenvalue weighted by Gasteiger charge is -2.24. The van der Waals surface area contributed by atoms with Crippen LogP contribution in [0.25, 0.3) is 10.2 Å². The molecule has 4 nitrogen and oxygen atoms in total. The Morgan fingerprint density at radius 1 is 1.35 bits per heavy atom. The molecule has 0 atom stereocenters. The van der Waals surface area contributed by atoms with Gasteiger partial charge >= 0.3 is 4.87 Å². The zero-order chi connectivity index (χ0) is 14.8. The van der Waals surface area contributed by atoms with Crippen molar-refractivity contribution in [2.24, 2.45) is 0 Å². The lowest BCUT2D eigenvalue weighted by molar-refractivity contribution is 0.0913. The van der Waals surface area contributed by atoms with Crippen molar-refractivity contribution in [1.29, 1.82) is 0 Å². The van der Waals surface area contributed by atoms with Crippen molar-refractivity contribution in [3.8, 4) is 0 Å². The van der Waals surface area contributed by atoms with Crippen molar-refractivity contribution >= 4 is 37.9 Å². The highest BCUT2D eigenvalue weighted by Crippen LogP contribution is 2.33. The van der Waals surface area contributed by atoms with E-state index in [1.54, 1.807) is 22.8 Å². The minimum absolute atomic E-state index is 0.0499. The zero-order valence-electron chi connectivity index (χ0n) is 11.9. The van der Waals surface area contributed by atoms with Crippen LogP contribution in [0.1, 0.15) is 10.4 Å². The fraction of sp³-hybridized carbons (Fsp3) is 0.429. The van der Waals surface area contributed by atoms with Crippen LogP contribution in [0.4, 0.5) is 0 Å². The van der Waals surface area contributed by atoms with Gasteiger partial charge in [-0.3, -0.25) is 14.2 Å². The van der Waals surface area contributed by atoms with Gasteiger partial charge in [-0.1, -0.05) is 11.3 Å². The van der Waals surface area contributed by atoms with E-state index in [4.69, 9.17) is 4.74 Å². The summed E-state index contributed by atoms with van der Waals surface area (Å²) in [5.41, 5.74) is 1.41. The first-order valence-corrected chi connectivity index (χ1v) is 10.1. The number of hydrogen-bond acceptors (Lipinski definition) is 4. The molecule has 0 saturated heterocycles. The van der Waals surface area contributed by atoms with Gasteiger partial charge < -0.3 is 4.74 Å². The highest BCUT2D eigenvalue weighted by molar-refractivity contribution is 8.32. The fourth-order valence-electron chi connectivity index (χ4n) is 1.74. The predicted octanol–water partition coefficient (Wildman–Crippen LogP) is 2.54. The molecule has 0 N–H and O–H groups in total. The molecule has 0 aliphatic rings. The maximum Gasteiger partial charge on any atom is 0.310 e. The molecule has 0 aliphatic carbocycles. The van der Waals surface area contributed by atoms with Gasteiger partial charge in [0.15, 0.2) is 0 Å². The van der Waals surface area contributed by atoms with Gasteiger partial charge in [-0.05, 0) is 37.0 Å². The molecule has 110 valence electrons.